The van der Waals surface area contributed by atoms with Gasteiger partial charge in [0.25, 0.3) is 0 Å². The fourth-order valence-corrected chi connectivity index (χ4v) is 5.17. The summed E-state index contributed by atoms with van der Waals surface area (Å²) in [6.07, 6.45) is 5.97. The van der Waals surface area contributed by atoms with Crippen LogP contribution >= 0.6 is 0 Å². The number of likely N-dealkylation sites (tertiary alicyclic amines) is 1. The van der Waals surface area contributed by atoms with E-state index in [2.05, 4.69) is 17.0 Å². The third-order valence-electron chi connectivity index (χ3n) is 6.28. The Morgan fingerprint density at radius 3 is 2.00 bits per heavy atom. The lowest BCUT2D eigenvalue weighted by Crippen LogP contribution is -2.38. The van der Waals surface area contributed by atoms with E-state index in [1.807, 2.05) is 12.1 Å². The number of nitrogens with zero attached hydrogens (tertiary/aromatic N) is 1. The number of carbonyl (C=O) groups excluding carboxylic acids is 1. The second kappa shape index (κ2) is 5.24. The zero-order valence-corrected chi connectivity index (χ0v) is 12.9. The Kier molecular flexibility index (Phi) is 3.37. The number of carbonyl (C=O) groups is 1. The maximum atomic E-state index is 11.3. The average molecular weight is 283 g/mol. The second-order valence-corrected chi connectivity index (χ2v) is 7.45. The smallest absolute Gasteiger partial charge is 0.159 e. The first-order valence-electron chi connectivity index (χ1n) is 8.53. The van der Waals surface area contributed by atoms with Crippen LogP contribution in [0.4, 0.5) is 0 Å². The summed E-state index contributed by atoms with van der Waals surface area (Å²) in [5, 5.41) is 0. The Balaban J connectivity index is 1.43. The predicted octanol–water partition coefficient (Wildman–Crippen LogP) is 3.76. The van der Waals surface area contributed by atoms with Crippen molar-refractivity contribution in [2.45, 2.75) is 39.2 Å². The molecule has 0 radical (unpaired) electrons. The highest BCUT2D eigenvalue weighted by Gasteiger charge is 2.47. The van der Waals surface area contributed by atoms with Crippen LogP contribution in [0.3, 0.4) is 0 Å². The molecule has 0 spiro atoms. The van der Waals surface area contributed by atoms with Crippen molar-refractivity contribution < 1.29 is 4.79 Å². The Hall–Kier alpha value is -1.15. The van der Waals surface area contributed by atoms with Gasteiger partial charge in [0.05, 0.1) is 0 Å². The molecule has 1 aliphatic heterocycles. The van der Waals surface area contributed by atoms with Crippen LogP contribution in [0, 0.1) is 23.7 Å². The van der Waals surface area contributed by atoms with Gasteiger partial charge in [-0.1, -0.05) is 24.3 Å². The maximum absolute atomic E-state index is 11.3. The SMILES string of the molecule is CC(=O)c1ccc(CN2C[C@@H]3C4CCC(CC4)[C@@H]3C2)cc1. The van der Waals surface area contributed by atoms with Crippen LogP contribution < -0.4 is 0 Å². The molecule has 1 aromatic carbocycles. The van der Waals surface area contributed by atoms with Crippen molar-refractivity contribution in [3.05, 3.63) is 35.4 Å². The normalized spacial score (nSPS) is 34.9. The van der Waals surface area contributed by atoms with Crippen molar-refractivity contribution in [2.75, 3.05) is 13.1 Å². The van der Waals surface area contributed by atoms with Crippen LogP contribution in [0.1, 0.15) is 48.5 Å². The molecule has 21 heavy (non-hydrogen) atoms. The van der Waals surface area contributed by atoms with Crippen molar-refractivity contribution in [3.8, 4) is 0 Å². The molecule has 0 unspecified atom stereocenters. The van der Waals surface area contributed by atoms with E-state index in [0.29, 0.717) is 0 Å². The van der Waals surface area contributed by atoms with Gasteiger partial charge >= 0.3 is 0 Å². The van der Waals surface area contributed by atoms with E-state index in [1.54, 1.807) is 6.92 Å². The number of benzene rings is 1. The molecule has 1 heterocycles. The quantitative estimate of drug-likeness (QED) is 0.787. The molecule has 0 aromatic heterocycles. The monoisotopic (exact) mass is 283 g/mol. The Labute approximate surface area is 127 Å². The fourth-order valence-electron chi connectivity index (χ4n) is 5.17. The fraction of sp³-hybridized carbons (Fsp3) is 0.632. The zero-order chi connectivity index (χ0) is 14.4. The number of rotatable bonds is 3. The number of hydrogen-bond donors (Lipinski definition) is 0. The van der Waals surface area contributed by atoms with E-state index < -0.39 is 0 Å². The molecule has 3 aliphatic carbocycles. The molecule has 2 heteroatoms. The van der Waals surface area contributed by atoms with Crippen LogP contribution in [0.25, 0.3) is 0 Å². The standard InChI is InChI=1S/C19H25NO/c1-13(21)15-4-2-14(3-5-15)10-20-11-18-16-6-7-17(9-8-16)19(18)12-20/h2-5,16-19H,6-12H2,1H3/t16?,17?,18-,19+. The van der Waals surface area contributed by atoms with Crippen molar-refractivity contribution in [1.29, 1.82) is 0 Å². The average Bonchev–Trinajstić information content (AvgIpc) is 2.94. The topological polar surface area (TPSA) is 20.3 Å². The van der Waals surface area contributed by atoms with Crippen LogP contribution in [-0.2, 0) is 6.54 Å². The molecule has 2 atom stereocenters. The Morgan fingerprint density at radius 1 is 1.00 bits per heavy atom. The summed E-state index contributed by atoms with van der Waals surface area (Å²) >= 11 is 0. The minimum atomic E-state index is 0.158. The highest BCUT2D eigenvalue weighted by Crippen LogP contribution is 2.51. The highest BCUT2D eigenvalue weighted by atomic mass is 16.1. The molecule has 5 rings (SSSR count). The lowest BCUT2D eigenvalue weighted by Gasteiger charge is -2.45. The van der Waals surface area contributed by atoms with Crippen molar-refractivity contribution >= 4 is 5.78 Å². The largest absolute Gasteiger partial charge is 0.298 e. The minimum Gasteiger partial charge on any atom is -0.298 e. The van der Waals surface area contributed by atoms with Crippen molar-refractivity contribution in [3.63, 3.8) is 0 Å². The molecule has 4 fully saturated rings. The summed E-state index contributed by atoms with van der Waals surface area (Å²) in [4.78, 5) is 14.0. The summed E-state index contributed by atoms with van der Waals surface area (Å²) in [7, 11) is 0. The molecule has 112 valence electrons. The number of ketones is 1. The van der Waals surface area contributed by atoms with E-state index in [4.69, 9.17) is 0 Å². The van der Waals surface area contributed by atoms with E-state index in [9.17, 15) is 4.79 Å². The minimum absolute atomic E-state index is 0.158. The first-order chi connectivity index (χ1) is 10.2. The van der Waals surface area contributed by atoms with Crippen LogP contribution in [-0.4, -0.2) is 23.8 Å². The molecular formula is C19H25NO. The Bertz CT molecular complexity index is 507. The molecule has 0 N–H and O–H groups in total. The maximum Gasteiger partial charge on any atom is 0.159 e. The molecule has 2 nitrogen and oxygen atoms in total. The van der Waals surface area contributed by atoms with Gasteiger partial charge in [0.15, 0.2) is 5.78 Å². The lowest BCUT2D eigenvalue weighted by atomic mass is 9.60. The first kappa shape index (κ1) is 13.5. The molecule has 1 saturated heterocycles. The van der Waals surface area contributed by atoms with E-state index in [-0.39, 0.29) is 5.78 Å². The van der Waals surface area contributed by atoms with Gasteiger partial charge in [0.1, 0.15) is 0 Å². The summed E-state index contributed by atoms with van der Waals surface area (Å²) < 4.78 is 0. The third-order valence-corrected chi connectivity index (χ3v) is 6.28. The van der Waals surface area contributed by atoms with E-state index in [0.717, 1.165) is 35.8 Å². The van der Waals surface area contributed by atoms with Gasteiger partial charge in [-0.3, -0.25) is 9.69 Å². The summed E-state index contributed by atoms with van der Waals surface area (Å²) in [6.45, 7) is 5.31. The number of hydrogen-bond acceptors (Lipinski definition) is 2. The molecule has 4 aliphatic rings. The van der Waals surface area contributed by atoms with Crippen LogP contribution in [0.5, 0.6) is 0 Å². The number of Topliss-reactive ketones (excluding diaryl/α,β-unsaturated/α-hetero) is 1. The van der Waals surface area contributed by atoms with Gasteiger partial charge in [0, 0.05) is 25.2 Å². The van der Waals surface area contributed by atoms with Crippen LogP contribution in [0.15, 0.2) is 24.3 Å². The van der Waals surface area contributed by atoms with Crippen LogP contribution in [0.2, 0.25) is 0 Å². The highest BCUT2D eigenvalue weighted by molar-refractivity contribution is 5.93. The summed E-state index contributed by atoms with van der Waals surface area (Å²) in [6, 6.07) is 8.22. The molecule has 3 saturated carbocycles. The lowest BCUT2D eigenvalue weighted by molar-refractivity contribution is 0.0577. The summed E-state index contributed by atoms with van der Waals surface area (Å²) in [5.41, 5.74) is 2.18. The molecule has 1 aromatic rings. The van der Waals surface area contributed by atoms with E-state index >= 15 is 0 Å². The van der Waals surface area contributed by atoms with Gasteiger partial charge in [-0.05, 0) is 61.8 Å². The van der Waals surface area contributed by atoms with Gasteiger partial charge in [-0.25, -0.2) is 0 Å². The van der Waals surface area contributed by atoms with Gasteiger partial charge in [0.2, 0.25) is 0 Å². The first-order valence-corrected chi connectivity index (χ1v) is 8.53. The predicted molar refractivity (Wildman–Crippen MR) is 84.2 cm³/mol. The van der Waals surface area contributed by atoms with Gasteiger partial charge < -0.3 is 0 Å². The van der Waals surface area contributed by atoms with Gasteiger partial charge in [-0.15, -0.1) is 0 Å². The molecular weight excluding hydrogens is 258 g/mol. The van der Waals surface area contributed by atoms with Crippen molar-refractivity contribution in [2.24, 2.45) is 23.7 Å². The molecule has 0 amide bonds. The van der Waals surface area contributed by atoms with Crippen molar-refractivity contribution in [1.82, 2.24) is 4.90 Å². The third kappa shape index (κ3) is 2.44. The summed E-state index contributed by atoms with van der Waals surface area (Å²) in [5.74, 6) is 4.16. The molecule has 2 bridgehead atoms. The number of fused-ring (bicyclic) bond motifs is 2. The second-order valence-electron chi connectivity index (χ2n) is 7.45. The van der Waals surface area contributed by atoms with Gasteiger partial charge in [-0.2, -0.15) is 0 Å². The Morgan fingerprint density at radius 2 is 1.52 bits per heavy atom. The zero-order valence-electron chi connectivity index (χ0n) is 12.9. The van der Waals surface area contributed by atoms with E-state index in [1.165, 1.54) is 44.3 Å².